The van der Waals surface area contributed by atoms with Gasteiger partial charge in [-0.3, -0.25) is 14.6 Å². The second-order valence-corrected chi connectivity index (χ2v) is 6.34. The van der Waals surface area contributed by atoms with Gasteiger partial charge in [-0.1, -0.05) is 24.3 Å². The zero-order valence-electron chi connectivity index (χ0n) is 14.9. The van der Waals surface area contributed by atoms with Gasteiger partial charge in [0.1, 0.15) is 11.7 Å². The lowest BCUT2D eigenvalue weighted by atomic mass is 9.99. The smallest absolute Gasteiger partial charge is 0.251 e. The lowest BCUT2D eigenvalue weighted by molar-refractivity contribution is -0.135. The van der Waals surface area contributed by atoms with Crippen molar-refractivity contribution in [3.05, 3.63) is 77.0 Å². The number of carbonyl (C=O) groups is 2. The molecule has 3 rings (SSSR count). The molecule has 27 heavy (non-hydrogen) atoms. The van der Waals surface area contributed by atoms with E-state index in [0.717, 1.165) is 5.56 Å². The van der Waals surface area contributed by atoms with E-state index in [-0.39, 0.29) is 23.2 Å². The van der Waals surface area contributed by atoms with E-state index in [4.69, 9.17) is 0 Å². The molecule has 2 heterocycles. The summed E-state index contributed by atoms with van der Waals surface area (Å²) < 4.78 is 0. The summed E-state index contributed by atoms with van der Waals surface area (Å²) in [6, 6.07) is 9.01. The van der Waals surface area contributed by atoms with Crippen LogP contribution in [0.1, 0.15) is 35.3 Å². The monoisotopic (exact) mass is 364 g/mol. The molecule has 2 amide bonds. The molecule has 1 aromatic carbocycles. The first-order valence-corrected chi connectivity index (χ1v) is 8.70. The lowest BCUT2D eigenvalue weighted by Crippen LogP contribution is -2.48. The summed E-state index contributed by atoms with van der Waals surface area (Å²) in [5.74, 6) is -0.599. The van der Waals surface area contributed by atoms with Crippen molar-refractivity contribution in [2.24, 2.45) is 5.18 Å². The maximum atomic E-state index is 13.0. The van der Waals surface area contributed by atoms with Crippen LogP contribution in [0.3, 0.4) is 0 Å². The number of amides is 2. The number of pyridine rings is 1. The SMILES string of the molecule is C[C@H](NC(=O)c1cccc(N=O)c1)C(=O)N1CC=CCC1c1cccnc1. The highest BCUT2D eigenvalue weighted by atomic mass is 16.3. The number of hydrogen-bond donors (Lipinski definition) is 1. The molecule has 1 unspecified atom stereocenters. The minimum atomic E-state index is -0.712. The second kappa shape index (κ2) is 8.35. The lowest BCUT2D eigenvalue weighted by Gasteiger charge is -2.35. The fraction of sp³-hybridized carbons (Fsp3) is 0.250. The van der Waals surface area contributed by atoms with Crippen LogP contribution in [0.2, 0.25) is 0 Å². The molecule has 1 aromatic heterocycles. The standard InChI is InChI=1S/C20H20N4O3/c1-14(22-19(25)15-6-4-8-17(12-15)23-27)20(26)24-11-3-2-9-18(24)16-7-5-10-21-13-16/h2-8,10,12-14,18H,9,11H2,1H3,(H,22,25)/t14-,18?/m0/s1. The molecule has 0 saturated heterocycles. The topological polar surface area (TPSA) is 91.7 Å². The molecule has 2 aromatic rings. The Morgan fingerprint density at radius 2 is 2.11 bits per heavy atom. The molecule has 7 heteroatoms. The fourth-order valence-corrected chi connectivity index (χ4v) is 3.09. The number of carbonyl (C=O) groups excluding carboxylic acids is 2. The maximum Gasteiger partial charge on any atom is 0.251 e. The van der Waals surface area contributed by atoms with E-state index in [1.165, 1.54) is 12.1 Å². The van der Waals surface area contributed by atoms with Crippen molar-refractivity contribution in [3.63, 3.8) is 0 Å². The van der Waals surface area contributed by atoms with Gasteiger partial charge in [0.2, 0.25) is 5.91 Å². The molecule has 7 nitrogen and oxygen atoms in total. The molecule has 1 aliphatic rings. The fourth-order valence-electron chi connectivity index (χ4n) is 3.09. The van der Waals surface area contributed by atoms with Crippen LogP contribution in [0, 0.1) is 4.91 Å². The summed E-state index contributed by atoms with van der Waals surface area (Å²) in [4.78, 5) is 41.9. The molecule has 0 aliphatic carbocycles. The molecule has 138 valence electrons. The second-order valence-electron chi connectivity index (χ2n) is 6.34. The van der Waals surface area contributed by atoms with E-state index in [0.29, 0.717) is 13.0 Å². The summed E-state index contributed by atoms with van der Waals surface area (Å²) in [7, 11) is 0. The number of nitrogens with one attached hydrogen (secondary N) is 1. The summed E-state index contributed by atoms with van der Waals surface area (Å²) in [6.07, 6.45) is 8.14. The summed E-state index contributed by atoms with van der Waals surface area (Å²) in [6.45, 7) is 2.13. The van der Waals surface area contributed by atoms with Crippen LogP contribution in [-0.2, 0) is 4.79 Å². The van der Waals surface area contributed by atoms with E-state index >= 15 is 0 Å². The predicted molar refractivity (Wildman–Crippen MR) is 101 cm³/mol. The van der Waals surface area contributed by atoms with Crippen molar-refractivity contribution in [3.8, 4) is 0 Å². The van der Waals surface area contributed by atoms with Gasteiger partial charge in [-0.25, -0.2) is 0 Å². The van der Waals surface area contributed by atoms with E-state index in [1.807, 2.05) is 24.3 Å². The molecule has 0 spiro atoms. The average molecular weight is 364 g/mol. The molecule has 1 N–H and O–H groups in total. The first-order chi connectivity index (χ1) is 13.1. The van der Waals surface area contributed by atoms with Crippen LogP contribution in [0.4, 0.5) is 5.69 Å². The van der Waals surface area contributed by atoms with Gasteiger partial charge in [0, 0.05) is 24.5 Å². The van der Waals surface area contributed by atoms with Gasteiger partial charge in [0.15, 0.2) is 0 Å². The Bertz CT molecular complexity index is 867. The average Bonchev–Trinajstić information content (AvgIpc) is 2.73. The number of aromatic nitrogens is 1. The Morgan fingerprint density at radius 3 is 2.85 bits per heavy atom. The zero-order valence-corrected chi connectivity index (χ0v) is 14.9. The quantitative estimate of drug-likeness (QED) is 0.652. The molecular formula is C20H20N4O3. The summed E-state index contributed by atoms with van der Waals surface area (Å²) in [5.41, 5.74) is 1.41. The first-order valence-electron chi connectivity index (χ1n) is 8.70. The predicted octanol–water partition coefficient (Wildman–Crippen LogP) is 3.13. The Morgan fingerprint density at radius 1 is 1.26 bits per heavy atom. The maximum absolute atomic E-state index is 13.0. The van der Waals surface area contributed by atoms with Crippen LogP contribution >= 0.6 is 0 Å². The molecular weight excluding hydrogens is 344 g/mol. The van der Waals surface area contributed by atoms with Gasteiger partial charge in [0.05, 0.1) is 6.04 Å². The third-order valence-corrected chi connectivity index (χ3v) is 4.49. The Hall–Kier alpha value is -3.35. The normalized spacial score (nSPS) is 17.2. The van der Waals surface area contributed by atoms with E-state index in [2.05, 4.69) is 15.5 Å². The van der Waals surface area contributed by atoms with Crippen LogP contribution in [0.15, 0.2) is 66.1 Å². The van der Waals surface area contributed by atoms with Crippen LogP contribution in [0.5, 0.6) is 0 Å². The molecule has 0 radical (unpaired) electrons. The van der Waals surface area contributed by atoms with Crippen LogP contribution in [0.25, 0.3) is 0 Å². The van der Waals surface area contributed by atoms with Crippen molar-refractivity contribution >= 4 is 17.5 Å². The zero-order chi connectivity index (χ0) is 19.2. The number of nitrogens with zero attached hydrogens (tertiary/aromatic N) is 3. The number of hydrogen-bond acceptors (Lipinski definition) is 5. The van der Waals surface area contributed by atoms with Gasteiger partial charge in [-0.15, -0.1) is 4.91 Å². The van der Waals surface area contributed by atoms with Gasteiger partial charge in [-0.05, 0) is 48.4 Å². The third kappa shape index (κ3) is 4.25. The van der Waals surface area contributed by atoms with Crippen molar-refractivity contribution in [1.29, 1.82) is 0 Å². The van der Waals surface area contributed by atoms with Gasteiger partial charge in [0.25, 0.3) is 5.91 Å². The Labute approximate surface area is 157 Å². The molecule has 0 fully saturated rings. The van der Waals surface area contributed by atoms with Crippen molar-refractivity contribution in [1.82, 2.24) is 15.2 Å². The Kier molecular flexibility index (Phi) is 5.71. The molecule has 1 aliphatic heterocycles. The highest BCUT2D eigenvalue weighted by molar-refractivity contribution is 5.98. The number of nitroso groups, excluding NO2 is 1. The molecule has 0 bridgehead atoms. The van der Waals surface area contributed by atoms with Crippen molar-refractivity contribution < 1.29 is 9.59 Å². The number of rotatable bonds is 5. The minimum absolute atomic E-state index is 0.113. The van der Waals surface area contributed by atoms with E-state index in [9.17, 15) is 14.5 Å². The summed E-state index contributed by atoms with van der Waals surface area (Å²) >= 11 is 0. The molecule has 0 saturated carbocycles. The van der Waals surface area contributed by atoms with Crippen LogP contribution in [-0.4, -0.2) is 34.3 Å². The van der Waals surface area contributed by atoms with Crippen LogP contribution < -0.4 is 5.32 Å². The number of benzene rings is 1. The first kappa shape index (κ1) is 18.4. The van der Waals surface area contributed by atoms with Gasteiger partial charge >= 0.3 is 0 Å². The van der Waals surface area contributed by atoms with Crippen molar-refractivity contribution in [2.75, 3.05) is 6.54 Å². The Balaban J connectivity index is 1.72. The minimum Gasteiger partial charge on any atom is -0.341 e. The van der Waals surface area contributed by atoms with Crippen molar-refractivity contribution in [2.45, 2.75) is 25.4 Å². The summed E-state index contributed by atoms with van der Waals surface area (Å²) in [5, 5.41) is 5.53. The van der Waals surface area contributed by atoms with E-state index in [1.54, 1.807) is 36.4 Å². The van der Waals surface area contributed by atoms with Gasteiger partial charge < -0.3 is 10.2 Å². The largest absolute Gasteiger partial charge is 0.341 e. The highest BCUT2D eigenvalue weighted by Gasteiger charge is 2.30. The third-order valence-electron chi connectivity index (χ3n) is 4.49. The highest BCUT2D eigenvalue weighted by Crippen LogP contribution is 2.27. The van der Waals surface area contributed by atoms with E-state index < -0.39 is 11.9 Å². The van der Waals surface area contributed by atoms with Gasteiger partial charge in [-0.2, -0.15) is 0 Å². The molecule has 2 atom stereocenters.